The highest BCUT2D eigenvalue weighted by atomic mass is 32.2. The Hall–Kier alpha value is -0.260. The van der Waals surface area contributed by atoms with E-state index in [2.05, 4.69) is 41.1 Å². The number of rotatable bonds is 1. The lowest BCUT2D eigenvalue weighted by Gasteiger charge is -2.14. The van der Waals surface area contributed by atoms with Crippen LogP contribution in [0.15, 0.2) is 39.3 Å². The van der Waals surface area contributed by atoms with Crippen molar-refractivity contribution in [2.24, 2.45) is 0 Å². The molecular formula is C7H8N2S3. The van der Waals surface area contributed by atoms with E-state index in [9.17, 15) is 0 Å². The van der Waals surface area contributed by atoms with E-state index >= 15 is 0 Å². The Labute approximate surface area is 84.7 Å². The molecular weight excluding hydrogens is 208 g/mol. The summed E-state index contributed by atoms with van der Waals surface area (Å²) in [5.41, 5.74) is 0. The van der Waals surface area contributed by atoms with Gasteiger partial charge in [0, 0.05) is 0 Å². The molecule has 2 heterocycles. The first-order valence-electron chi connectivity index (χ1n) is 3.38. The second-order valence-corrected chi connectivity index (χ2v) is 4.91. The lowest BCUT2D eigenvalue weighted by Crippen LogP contribution is -1.91. The summed E-state index contributed by atoms with van der Waals surface area (Å²) in [5.74, 6) is 0. The fraction of sp³-hybridized carbons (Fsp3) is 0. The highest BCUT2D eigenvalue weighted by molar-refractivity contribution is 8.21. The molecule has 0 atom stereocenters. The van der Waals surface area contributed by atoms with Gasteiger partial charge in [-0.3, -0.25) is 3.97 Å². The van der Waals surface area contributed by atoms with Crippen LogP contribution in [0.1, 0.15) is 0 Å². The summed E-state index contributed by atoms with van der Waals surface area (Å²) < 4.78 is 2.02. The number of hydrogen-bond acceptors (Lipinski definition) is 3. The molecule has 2 nitrogen and oxygen atoms in total. The van der Waals surface area contributed by atoms with Gasteiger partial charge in [-0.15, -0.1) is 36.3 Å². The summed E-state index contributed by atoms with van der Waals surface area (Å²) in [6, 6.07) is 0. The summed E-state index contributed by atoms with van der Waals surface area (Å²) in [6.45, 7) is 0. The monoisotopic (exact) mass is 216 g/mol. The molecule has 1 aliphatic rings. The van der Waals surface area contributed by atoms with Crippen molar-refractivity contribution in [2.75, 3.05) is 0 Å². The Morgan fingerprint density at radius 3 is 2.42 bits per heavy atom. The van der Waals surface area contributed by atoms with Crippen LogP contribution in [0.4, 0.5) is 0 Å². The van der Waals surface area contributed by atoms with Gasteiger partial charge in [0.25, 0.3) is 0 Å². The number of allylic oxidation sites excluding steroid dienone is 2. The average molecular weight is 216 g/mol. The smallest absolute Gasteiger partial charge is 0.175 e. The van der Waals surface area contributed by atoms with Crippen LogP contribution in [-0.4, -0.2) is 8.96 Å². The first kappa shape index (κ1) is 8.34. The van der Waals surface area contributed by atoms with Crippen LogP contribution < -0.4 is 0 Å². The molecule has 0 saturated heterocycles. The largest absolute Gasteiger partial charge is 0.270 e. The Bertz CT molecular complexity index is 322. The van der Waals surface area contributed by atoms with Crippen molar-refractivity contribution in [3.63, 3.8) is 0 Å². The summed E-state index contributed by atoms with van der Waals surface area (Å²) in [5, 5.41) is 5.86. The number of nitrogens with zero attached hydrogens (tertiary/aromatic N) is 2. The number of imidazole rings is 1. The third-order valence-electron chi connectivity index (χ3n) is 1.52. The predicted octanol–water partition coefficient (Wildman–Crippen LogP) is 2.27. The SMILES string of the molecule is Sc1cnc(S)n1[SH]1C=CC=C1. The van der Waals surface area contributed by atoms with Crippen molar-refractivity contribution in [2.45, 2.75) is 10.2 Å². The van der Waals surface area contributed by atoms with Crippen LogP contribution in [0.5, 0.6) is 0 Å². The molecule has 0 aromatic carbocycles. The van der Waals surface area contributed by atoms with Crippen LogP contribution in [0.2, 0.25) is 0 Å². The van der Waals surface area contributed by atoms with Gasteiger partial charge in [-0.2, -0.15) is 0 Å². The van der Waals surface area contributed by atoms with Crippen molar-refractivity contribution in [3.8, 4) is 0 Å². The van der Waals surface area contributed by atoms with Crippen LogP contribution in [-0.2, 0) is 0 Å². The normalized spacial score (nSPS) is 17.7. The Kier molecular flexibility index (Phi) is 2.25. The van der Waals surface area contributed by atoms with Crippen molar-refractivity contribution < 1.29 is 0 Å². The van der Waals surface area contributed by atoms with E-state index < -0.39 is 11.1 Å². The third-order valence-corrected chi connectivity index (χ3v) is 4.29. The second-order valence-electron chi connectivity index (χ2n) is 2.29. The lowest BCUT2D eigenvalue weighted by atomic mass is 10.6. The van der Waals surface area contributed by atoms with Gasteiger partial charge in [0.15, 0.2) is 5.16 Å². The zero-order valence-electron chi connectivity index (χ0n) is 6.12. The molecule has 0 saturated carbocycles. The molecule has 0 amide bonds. The lowest BCUT2D eigenvalue weighted by molar-refractivity contribution is 0.958. The van der Waals surface area contributed by atoms with E-state index in [1.54, 1.807) is 6.20 Å². The average Bonchev–Trinajstić information content (AvgIpc) is 2.61. The molecule has 64 valence electrons. The third kappa shape index (κ3) is 1.32. The molecule has 0 unspecified atom stereocenters. The summed E-state index contributed by atoms with van der Waals surface area (Å²) >= 11 is 8.13. The Balaban J connectivity index is 2.44. The van der Waals surface area contributed by atoms with Gasteiger partial charge in [0.1, 0.15) is 5.03 Å². The van der Waals surface area contributed by atoms with Crippen molar-refractivity contribution >= 4 is 36.3 Å². The zero-order chi connectivity index (χ0) is 8.55. The van der Waals surface area contributed by atoms with Crippen molar-refractivity contribution in [1.29, 1.82) is 0 Å². The second kappa shape index (κ2) is 3.24. The van der Waals surface area contributed by atoms with Gasteiger partial charge in [-0.25, -0.2) is 4.98 Å². The fourth-order valence-corrected chi connectivity index (χ4v) is 3.49. The molecule has 1 aromatic heterocycles. The van der Waals surface area contributed by atoms with Crippen LogP contribution in [0, 0.1) is 0 Å². The summed E-state index contributed by atoms with van der Waals surface area (Å²) in [4.78, 5) is 4.06. The molecule has 5 heteroatoms. The zero-order valence-corrected chi connectivity index (χ0v) is 8.81. The standard InChI is InChI=1S/C7H8N2S3/c10-6-5-8-7(11)9(6)12-3-1-2-4-12/h1-5,10,12H,(H,8,11). The minimum Gasteiger partial charge on any atom is -0.270 e. The van der Waals surface area contributed by atoms with Crippen LogP contribution >= 0.6 is 36.3 Å². The molecule has 0 aliphatic carbocycles. The van der Waals surface area contributed by atoms with Gasteiger partial charge in [-0.1, -0.05) is 12.2 Å². The van der Waals surface area contributed by atoms with Gasteiger partial charge in [0.2, 0.25) is 0 Å². The van der Waals surface area contributed by atoms with Crippen molar-refractivity contribution in [3.05, 3.63) is 29.2 Å². The maximum atomic E-state index is 4.29. The van der Waals surface area contributed by atoms with Gasteiger partial charge in [-0.05, 0) is 10.8 Å². The first-order valence-corrected chi connectivity index (χ1v) is 5.71. The fourth-order valence-electron chi connectivity index (χ4n) is 1.01. The molecule has 0 radical (unpaired) electrons. The highest BCUT2D eigenvalue weighted by Gasteiger charge is 2.08. The van der Waals surface area contributed by atoms with Crippen molar-refractivity contribution in [1.82, 2.24) is 8.96 Å². The highest BCUT2D eigenvalue weighted by Crippen LogP contribution is 2.38. The number of aromatic nitrogens is 2. The quantitative estimate of drug-likeness (QED) is 0.614. The summed E-state index contributed by atoms with van der Waals surface area (Å²) in [6.07, 6.45) is 5.78. The number of hydrogen-bond donors (Lipinski definition) is 3. The Morgan fingerprint density at radius 2 is 1.92 bits per heavy atom. The minimum absolute atomic E-state index is 0.405. The molecule has 0 bridgehead atoms. The van der Waals surface area contributed by atoms with E-state index in [4.69, 9.17) is 0 Å². The predicted molar refractivity (Wildman–Crippen MR) is 59.4 cm³/mol. The van der Waals surface area contributed by atoms with E-state index in [-0.39, 0.29) is 0 Å². The Morgan fingerprint density at radius 1 is 1.25 bits per heavy atom. The molecule has 2 rings (SSSR count). The summed E-state index contributed by atoms with van der Waals surface area (Å²) in [7, 11) is 0. The van der Waals surface area contributed by atoms with E-state index in [1.165, 1.54) is 0 Å². The van der Waals surface area contributed by atoms with Crippen LogP contribution in [0.3, 0.4) is 0 Å². The van der Waals surface area contributed by atoms with Gasteiger partial charge >= 0.3 is 0 Å². The molecule has 1 aromatic rings. The molecule has 0 fully saturated rings. The maximum Gasteiger partial charge on any atom is 0.175 e. The van der Waals surface area contributed by atoms with Gasteiger partial charge < -0.3 is 0 Å². The molecule has 1 aliphatic heterocycles. The minimum atomic E-state index is -0.405. The first-order chi connectivity index (χ1) is 5.79. The maximum absolute atomic E-state index is 4.29. The van der Waals surface area contributed by atoms with E-state index in [0.29, 0.717) is 0 Å². The van der Waals surface area contributed by atoms with E-state index in [0.717, 1.165) is 10.2 Å². The van der Waals surface area contributed by atoms with Crippen LogP contribution in [0.25, 0.3) is 0 Å². The molecule has 12 heavy (non-hydrogen) atoms. The van der Waals surface area contributed by atoms with E-state index in [1.807, 2.05) is 16.1 Å². The molecule has 0 N–H and O–H groups in total. The van der Waals surface area contributed by atoms with Gasteiger partial charge in [0.05, 0.1) is 6.20 Å². The molecule has 0 spiro atoms. The topological polar surface area (TPSA) is 17.8 Å². The number of thiol groups is 3.